The first kappa shape index (κ1) is 11.4. The molecule has 2 rings (SSSR count). The van der Waals surface area contributed by atoms with Crippen LogP contribution < -0.4 is 0 Å². The Balaban J connectivity index is 2.11. The van der Waals surface area contributed by atoms with Crippen LogP contribution >= 0.6 is 0 Å². The third-order valence-corrected chi connectivity index (χ3v) is 3.06. The van der Waals surface area contributed by atoms with E-state index < -0.39 is 0 Å². The highest BCUT2D eigenvalue weighted by Crippen LogP contribution is 2.32. The fourth-order valence-corrected chi connectivity index (χ4v) is 2.11. The van der Waals surface area contributed by atoms with Crippen LogP contribution in [0.3, 0.4) is 0 Å². The Morgan fingerprint density at radius 2 is 2.12 bits per heavy atom. The van der Waals surface area contributed by atoms with Gasteiger partial charge in [-0.3, -0.25) is 0 Å². The van der Waals surface area contributed by atoms with Gasteiger partial charge in [0.1, 0.15) is 0 Å². The summed E-state index contributed by atoms with van der Waals surface area (Å²) in [7, 11) is 1.39. The average Bonchev–Trinajstić information content (AvgIpc) is 2.82. The molecule has 1 saturated heterocycles. The molecule has 0 radical (unpaired) electrons. The van der Waals surface area contributed by atoms with Gasteiger partial charge in [0.25, 0.3) is 0 Å². The normalized spacial score (nSPS) is 30.2. The number of carbonyl (C=O) groups is 1. The first-order chi connectivity index (χ1) is 7.74. The van der Waals surface area contributed by atoms with Crippen LogP contribution in [0.4, 0.5) is 0 Å². The van der Waals surface area contributed by atoms with Gasteiger partial charge in [0.05, 0.1) is 20.3 Å². The fraction of sp³-hybridized carbons (Fsp3) is 0.583. The second-order valence-electron chi connectivity index (χ2n) is 3.97. The van der Waals surface area contributed by atoms with Crippen LogP contribution in [0.5, 0.6) is 0 Å². The van der Waals surface area contributed by atoms with Crippen molar-refractivity contribution >= 4 is 5.97 Å². The Bertz CT molecular complexity index is 326. The van der Waals surface area contributed by atoms with Crippen LogP contribution in [0.2, 0.25) is 0 Å². The molecule has 1 fully saturated rings. The maximum atomic E-state index is 11.5. The highest BCUT2D eigenvalue weighted by molar-refractivity contribution is 5.89. The number of carbonyl (C=O) groups excluding carboxylic acids is 1. The van der Waals surface area contributed by atoms with E-state index in [0.29, 0.717) is 18.8 Å². The first-order valence-electron chi connectivity index (χ1n) is 5.44. The van der Waals surface area contributed by atoms with Crippen molar-refractivity contribution in [3.05, 3.63) is 23.8 Å². The molecular weight excluding hydrogens is 208 g/mol. The third kappa shape index (κ3) is 2.03. The molecular formula is C12H16O4. The van der Waals surface area contributed by atoms with Gasteiger partial charge in [0.15, 0.2) is 6.29 Å². The number of hydrogen-bond donors (Lipinski definition) is 0. The lowest BCUT2D eigenvalue weighted by Gasteiger charge is -2.28. The topological polar surface area (TPSA) is 44.8 Å². The van der Waals surface area contributed by atoms with Crippen LogP contribution in [-0.2, 0) is 19.0 Å². The summed E-state index contributed by atoms with van der Waals surface area (Å²) in [6, 6.07) is 0. The van der Waals surface area contributed by atoms with Crippen molar-refractivity contribution in [2.24, 2.45) is 11.8 Å². The first-order valence-corrected chi connectivity index (χ1v) is 5.44. The number of hydrogen-bond acceptors (Lipinski definition) is 4. The van der Waals surface area contributed by atoms with E-state index in [2.05, 4.69) is 0 Å². The van der Waals surface area contributed by atoms with E-state index in [0.717, 1.165) is 0 Å². The number of ether oxygens (including phenoxy) is 3. The smallest absolute Gasteiger partial charge is 0.334 e. The van der Waals surface area contributed by atoms with Crippen LogP contribution in [0.1, 0.15) is 6.92 Å². The van der Waals surface area contributed by atoms with Crippen molar-refractivity contribution in [2.45, 2.75) is 13.2 Å². The monoisotopic (exact) mass is 224 g/mol. The number of rotatable bonds is 2. The highest BCUT2D eigenvalue weighted by atomic mass is 16.7. The number of allylic oxidation sites excluding steroid dienone is 2. The van der Waals surface area contributed by atoms with Crippen molar-refractivity contribution in [3.63, 3.8) is 0 Å². The lowest BCUT2D eigenvalue weighted by atomic mass is 9.83. The zero-order valence-corrected chi connectivity index (χ0v) is 9.51. The quantitative estimate of drug-likeness (QED) is 0.663. The van der Waals surface area contributed by atoms with Crippen molar-refractivity contribution < 1.29 is 19.0 Å². The largest absolute Gasteiger partial charge is 0.466 e. The number of esters is 1. The molecule has 16 heavy (non-hydrogen) atoms. The molecule has 2 aliphatic rings. The van der Waals surface area contributed by atoms with Gasteiger partial charge >= 0.3 is 5.97 Å². The molecule has 0 aromatic heterocycles. The Hall–Kier alpha value is -1.13. The van der Waals surface area contributed by atoms with Gasteiger partial charge in [0.2, 0.25) is 0 Å². The SMILES string of the molecule is COC(=O)C1=CC=CC(C2OCCO2)C1C. The van der Waals surface area contributed by atoms with E-state index in [4.69, 9.17) is 14.2 Å². The van der Waals surface area contributed by atoms with Crippen LogP contribution in [0, 0.1) is 11.8 Å². The van der Waals surface area contributed by atoms with E-state index >= 15 is 0 Å². The van der Waals surface area contributed by atoms with Gasteiger partial charge < -0.3 is 14.2 Å². The Morgan fingerprint density at radius 3 is 2.75 bits per heavy atom. The van der Waals surface area contributed by atoms with Crippen LogP contribution in [-0.4, -0.2) is 32.6 Å². The van der Waals surface area contributed by atoms with E-state index in [1.54, 1.807) is 6.08 Å². The van der Waals surface area contributed by atoms with Crippen molar-refractivity contribution in [2.75, 3.05) is 20.3 Å². The molecule has 1 heterocycles. The summed E-state index contributed by atoms with van der Waals surface area (Å²) in [5.41, 5.74) is 0.675. The van der Waals surface area contributed by atoms with Crippen molar-refractivity contribution in [1.82, 2.24) is 0 Å². The van der Waals surface area contributed by atoms with Gasteiger partial charge in [-0.25, -0.2) is 4.79 Å². The Labute approximate surface area is 94.9 Å². The summed E-state index contributed by atoms with van der Waals surface area (Å²) in [6.07, 6.45) is 5.44. The van der Waals surface area contributed by atoms with E-state index in [1.807, 2.05) is 19.1 Å². The molecule has 0 aromatic rings. The molecule has 4 nitrogen and oxygen atoms in total. The molecule has 0 bridgehead atoms. The van der Waals surface area contributed by atoms with Crippen molar-refractivity contribution in [1.29, 1.82) is 0 Å². The van der Waals surface area contributed by atoms with Gasteiger partial charge in [-0.15, -0.1) is 0 Å². The third-order valence-electron chi connectivity index (χ3n) is 3.06. The summed E-state index contributed by atoms with van der Waals surface area (Å²) in [5.74, 6) is -0.137. The van der Waals surface area contributed by atoms with Gasteiger partial charge in [-0.05, 0) is 5.92 Å². The molecule has 2 unspecified atom stereocenters. The lowest BCUT2D eigenvalue weighted by Crippen LogP contribution is -2.30. The summed E-state index contributed by atoms with van der Waals surface area (Å²) in [5, 5.41) is 0. The maximum absolute atomic E-state index is 11.5. The zero-order valence-electron chi connectivity index (χ0n) is 9.51. The minimum Gasteiger partial charge on any atom is -0.466 e. The van der Waals surface area contributed by atoms with Crippen LogP contribution in [0.15, 0.2) is 23.8 Å². The second kappa shape index (κ2) is 4.80. The van der Waals surface area contributed by atoms with Gasteiger partial charge in [-0.1, -0.05) is 25.2 Å². The molecule has 88 valence electrons. The predicted octanol–water partition coefficient (Wildman–Crippen LogP) is 1.28. The molecule has 0 amide bonds. The summed E-state index contributed by atoms with van der Waals surface area (Å²) >= 11 is 0. The fourth-order valence-electron chi connectivity index (χ4n) is 2.11. The van der Waals surface area contributed by atoms with E-state index in [-0.39, 0.29) is 24.1 Å². The lowest BCUT2D eigenvalue weighted by molar-refractivity contribution is -0.137. The van der Waals surface area contributed by atoms with Crippen LogP contribution in [0.25, 0.3) is 0 Å². The minimum atomic E-state index is -0.278. The molecule has 0 aromatic carbocycles. The van der Waals surface area contributed by atoms with E-state index in [9.17, 15) is 4.79 Å². The number of methoxy groups -OCH3 is 1. The minimum absolute atomic E-state index is 0.0561. The standard InChI is InChI=1S/C12H16O4/c1-8-9(11(13)14-2)4-3-5-10(8)12-15-6-7-16-12/h3-5,8,10,12H,6-7H2,1-2H3. The summed E-state index contributed by atoms with van der Waals surface area (Å²) in [6.45, 7) is 3.24. The molecule has 1 aliphatic heterocycles. The Morgan fingerprint density at radius 1 is 1.44 bits per heavy atom. The molecule has 0 saturated carbocycles. The van der Waals surface area contributed by atoms with Gasteiger partial charge in [-0.2, -0.15) is 0 Å². The zero-order chi connectivity index (χ0) is 11.5. The van der Waals surface area contributed by atoms with Crippen molar-refractivity contribution in [3.8, 4) is 0 Å². The molecule has 2 atom stereocenters. The van der Waals surface area contributed by atoms with Gasteiger partial charge in [0, 0.05) is 11.5 Å². The maximum Gasteiger partial charge on any atom is 0.334 e. The second-order valence-corrected chi connectivity index (χ2v) is 3.97. The van der Waals surface area contributed by atoms with E-state index in [1.165, 1.54) is 7.11 Å². The summed E-state index contributed by atoms with van der Waals surface area (Å²) in [4.78, 5) is 11.5. The molecule has 0 N–H and O–H groups in total. The molecule has 0 spiro atoms. The predicted molar refractivity (Wildman–Crippen MR) is 57.6 cm³/mol. The summed E-state index contributed by atoms with van der Waals surface area (Å²) < 4.78 is 15.7. The molecule has 1 aliphatic carbocycles. The Kier molecular flexibility index (Phi) is 3.41. The molecule has 4 heteroatoms. The average molecular weight is 224 g/mol. The highest BCUT2D eigenvalue weighted by Gasteiger charge is 2.34.